The Labute approximate surface area is 219 Å². The Hall–Kier alpha value is -3.62. The van der Waals surface area contributed by atoms with Crippen molar-refractivity contribution in [3.63, 3.8) is 0 Å². The number of halogens is 3. The molecule has 0 unspecified atom stereocenters. The van der Waals surface area contributed by atoms with Gasteiger partial charge in [0.2, 0.25) is 17.7 Å². The van der Waals surface area contributed by atoms with Gasteiger partial charge in [0, 0.05) is 18.7 Å². The van der Waals surface area contributed by atoms with Crippen molar-refractivity contribution >= 4 is 29.3 Å². The van der Waals surface area contributed by atoms with Crippen molar-refractivity contribution in [3.8, 4) is 6.07 Å². The lowest BCUT2D eigenvalue weighted by Crippen LogP contribution is -2.61. The highest BCUT2D eigenvalue weighted by Gasteiger charge is 2.57. The third kappa shape index (κ3) is 5.33. The van der Waals surface area contributed by atoms with E-state index in [1.165, 1.54) is 25.7 Å². The number of benzene rings is 1. The topological polar surface area (TPSA) is 131 Å². The van der Waals surface area contributed by atoms with Gasteiger partial charge in [-0.25, -0.2) is 0 Å². The monoisotopic (exact) mass is 535 g/mol. The first-order chi connectivity index (χ1) is 17.6. The van der Waals surface area contributed by atoms with Gasteiger partial charge in [-0.05, 0) is 23.0 Å². The van der Waals surface area contributed by atoms with Crippen molar-refractivity contribution < 1.29 is 32.3 Å². The van der Waals surface area contributed by atoms with Gasteiger partial charge in [-0.2, -0.15) is 18.4 Å². The molecule has 4 amide bonds. The van der Waals surface area contributed by atoms with E-state index >= 15 is 0 Å². The molecule has 1 fully saturated rings. The van der Waals surface area contributed by atoms with Gasteiger partial charge in [-0.15, -0.1) is 0 Å². The van der Waals surface area contributed by atoms with Crippen LogP contribution in [0.15, 0.2) is 24.3 Å². The first-order valence-corrected chi connectivity index (χ1v) is 12.4. The van der Waals surface area contributed by atoms with Crippen molar-refractivity contribution in [2.45, 2.75) is 77.2 Å². The van der Waals surface area contributed by atoms with Crippen molar-refractivity contribution in [2.75, 3.05) is 11.9 Å². The maximum absolute atomic E-state index is 13.8. The summed E-state index contributed by atoms with van der Waals surface area (Å²) in [5.74, 6) is -4.65. The number of anilines is 1. The molecule has 0 bridgehead atoms. The summed E-state index contributed by atoms with van der Waals surface area (Å²) in [4.78, 5) is 53.0. The van der Waals surface area contributed by atoms with Crippen LogP contribution in [-0.4, -0.2) is 59.4 Å². The zero-order valence-corrected chi connectivity index (χ0v) is 21.9. The van der Waals surface area contributed by atoms with E-state index < -0.39 is 58.8 Å². The minimum atomic E-state index is -5.20. The average Bonchev–Trinajstić information content (AvgIpc) is 3.36. The molecule has 206 valence electrons. The normalized spacial score (nSPS) is 23.2. The zero-order chi connectivity index (χ0) is 28.6. The standard InChI is InChI=1S/C26H32F3N5O4/c1-6-14(2)18(32-20(35)19(24(3,4)5)33-23(38)26(27,28)29)21(36)34-13-25(11-15(34)12-30)16-9-7-8-10-17(16)31-22(25)37/h7-10,14-15,18-19H,6,11,13H2,1-5H3,(H,31,37)(H,32,35)(H,33,38)/t14-,15-,18-,19+,25-/m0/s1. The van der Waals surface area contributed by atoms with Crippen LogP contribution in [0.5, 0.6) is 0 Å². The number of hydrogen-bond acceptors (Lipinski definition) is 5. The summed E-state index contributed by atoms with van der Waals surface area (Å²) in [6.45, 7) is 7.83. The van der Waals surface area contributed by atoms with E-state index in [-0.39, 0.29) is 18.9 Å². The Morgan fingerprint density at radius 2 is 1.84 bits per heavy atom. The van der Waals surface area contributed by atoms with E-state index in [1.807, 2.05) is 0 Å². The Balaban J connectivity index is 1.91. The number of hydrogen-bond donors (Lipinski definition) is 3. The van der Waals surface area contributed by atoms with Gasteiger partial charge in [-0.3, -0.25) is 19.2 Å². The van der Waals surface area contributed by atoms with Gasteiger partial charge in [0.15, 0.2) is 0 Å². The van der Waals surface area contributed by atoms with Crippen molar-refractivity contribution in [2.24, 2.45) is 11.3 Å². The van der Waals surface area contributed by atoms with Crippen molar-refractivity contribution in [1.82, 2.24) is 15.5 Å². The molecule has 2 heterocycles. The molecule has 12 heteroatoms. The minimum Gasteiger partial charge on any atom is -0.342 e. The van der Waals surface area contributed by atoms with Crippen LogP contribution in [-0.2, 0) is 24.6 Å². The summed E-state index contributed by atoms with van der Waals surface area (Å²) in [5, 5.41) is 17.0. The summed E-state index contributed by atoms with van der Waals surface area (Å²) in [7, 11) is 0. The summed E-state index contributed by atoms with van der Waals surface area (Å²) in [5.41, 5.74) is -0.978. The Morgan fingerprint density at radius 1 is 1.21 bits per heavy atom. The number of alkyl halides is 3. The Morgan fingerprint density at radius 3 is 2.39 bits per heavy atom. The Bertz CT molecular complexity index is 1170. The number of nitrogens with one attached hydrogen (secondary N) is 3. The maximum atomic E-state index is 13.8. The van der Waals surface area contributed by atoms with Gasteiger partial charge >= 0.3 is 12.1 Å². The summed E-state index contributed by atoms with van der Waals surface area (Å²) >= 11 is 0. The highest BCUT2D eigenvalue weighted by molar-refractivity contribution is 6.07. The molecular formula is C26H32F3N5O4. The number of amides is 4. The average molecular weight is 536 g/mol. The molecular weight excluding hydrogens is 503 g/mol. The van der Waals surface area contributed by atoms with E-state index in [0.29, 0.717) is 17.7 Å². The molecule has 1 spiro atoms. The van der Waals surface area contributed by atoms with Crippen molar-refractivity contribution in [1.29, 1.82) is 5.26 Å². The number of rotatable bonds is 6. The second-order valence-electron chi connectivity index (χ2n) is 11.0. The van der Waals surface area contributed by atoms with Crippen LogP contribution >= 0.6 is 0 Å². The SMILES string of the molecule is CC[C@H](C)[C@H](NC(=O)[C@@H](NC(=O)C(F)(F)F)C(C)(C)C)C(=O)N1C[C@]2(C[C@H]1C#N)C(=O)Nc1ccccc12. The number of nitrogens with zero attached hydrogens (tertiary/aromatic N) is 2. The van der Waals surface area contributed by atoms with Crippen molar-refractivity contribution in [3.05, 3.63) is 29.8 Å². The Kier molecular flexibility index (Phi) is 7.82. The fraction of sp³-hybridized carbons (Fsp3) is 0.577. The molecule has 2 aliphatic heterocycles. The number of fused-ring (bicyclic) bond motifs is 2. The maximum Gasteiger partial charge on any atom is 0.471 e. The number of likely N-dealkylation sites (tertiary alicyclic amines) is 1. The second-order valence-corrected chi connectivity index (χ2v) is 11.0. The lowest BCUT2D eigenvalue weighted by Gasteiger charge is -2.34. The van der Waals surface area contributed by atoms with Crippen LogP contribution in [0.2, 0.25) is 0 Å². The summed E-state index contributed by atoms with van der Waals surface area (Å²) < 4.78 is 38.8. The van der Waals surface area contributed by atoms with Crippen LogP contribution in [0.1, 0.15) is 53.0 Å². The molecule has 3 N–H and O–H groups in total. The third-order valence-electron chi connectivity index (χ3n) is 7.35. The summed E-state index contributed by atoms with van der Waals surface area (Å²) in [6.07, 6.45) is -4.71. The van der Waals surface area contributed by atoms with E-state index in [0.717, 1.165) is 0 Å². The van der Waals surface area contributed by atoms with Crippen LogP contribution < -0.4 is 16.0 Å². The van der Waals surface area contributed by atoms with Gasteiger partial charge in [-0.1, -0.05) is 59.2 Å². The van der Waals surface area contributed by atoms with Crippen LogP contribution in [0.4, 0.5) is 18.9 Å². The van der Waals surface area contributed by atoms with E-state index in [1.54, 1.807) is 43.4 Å². The van der Waals surface area contributed by atoms with Gasteiger partial charge < -0.3 is 20.9 Å². The molecule has 1 aromatic rings. The van der Waals surface area contributed by atoms with Gasteiger partial charge in [0.25, 0.3) is 0 Å². The second kappa shape index (κ2) is 10.3. The lowest BCUT2D eigenvalue weighted by atomic mass is 9.80. The first kappa shape index (κ1) is 28.9. The fourth-order valence-electron chi connectivity index (χ4n) is 4.97. The highest BCUT2D eigenvalue weighted by atomic mass is 19.4. The molecule has 0 saturated carbocycles. The van der Waals surface area contributed by atoms with Crippen LogP contribution in [0, 0.1) is 22.7 Å². The minimum absolute atomic E-state index is 0.0610. The number of para-hydroxylation sites is 1. The number of carbonyl (C=O) groups excluding carboxylic acids is 4. The number of carbonyl (C=O) groups is 4. The molecule has 0 aromatic heterocycles. The highest BCUT2D eigenvalue weighted by Crippen LogP contribution is 2.46. The van der Waals surface area contributed by atoms with E-state index in [4.69, 9.17) is 0 Å². The summed E-state index contributed by atoms with van der Waals surface area (Å²) in [6, 6.07) is 5.34. The molecule has 9 nitrogen and oxygen atoms in total. The molecule has 3 rings (SSSR count). The lowest BCUT2D eigenvalue weighted by molar-refractivity contribution is -0.175. The van der Waals surface area contributed by atoms with Crippen LogP contribution in [0.3, 0.4) is 0 Å². The van der Waals surface area contributed by atoms with Gasteiger partial charge in [0.1, 0.15) is 18.1 Å². The first-order valence-electron chi connectivity index (χ1n) is 12.4. The molecule has 1 saturated heterocycles. The zero-order valence-electron chi connectivity index (χ0n) is 21.9. The quantitative estimate of drug-likeness (QED) is 0.516. The fourth-order valence-corrected chi connectivity index (χ4v) is 4.97. The molecule has 2 aliphatic rings. The van der Waals surface area contributed by atoms with E-state index in [2.05, 4.69) is 16.7 Å². The molecule has 0 radical (unpaired) electrons. The number of nitriles is 1. The van der Waals surface area contributed by atoms with E-state index in [9.17, 15) is 37.6 Å². The molecule has 0 aliphatic carbocycles. The predicted molar refractivity (Wildman–Crippen MR) is 131 cm³/mol. The predicted octanol–water partition coefficient (Wildman–Crippen LogP) is 2.63. The van der Waals surface area contributed by atoms with Crippen LogP contribution in [0.25, 0.3) is 0 Å². The smallest absolute Gasteiger partial charge is 0.342 e. The molecule has 5 atom stereocenters. The molecule has 38 heavy (non-hydrogen) atoms. The van der Waals surface area contributed by atoms with Gasteiger partial charge in [0.05, 0.1) is 11.5 Å². The largest absolute Gasteiger partial charge is 0.471 e. The molecule has 1 aromatic carbocycles. The third-order valence-corrected chi connectivity index (χ3v) is 7.35.